The zero-order valence-corrected chi connectivity index (χ0v) is 17.0. The molecule has 3 atom stereocenters. The summed E-state index contributed by atoms with van der Waals surface area (Å²) >= 11 is 0. The fourth-order valence-electron chi connectivity index (χ4n) is 2.50. The van der Waals surface area contributed by atoms with Crippen molar-refractivity contribution in [1.82, 2.24) is 5.32 Å². The summed E-state index contributed by atoms with van der Waals surface area (Å²) in [6.07, 6.45) is 10.9. The predicted molar refractivity (Wildman–Crippen MR) is 107 cm³/mol. The van der Waals surface area contributed by atoms with Crippen LogP contribution in [0.1, 0.15) is 80.6 Å². The maximum absolute atomic E-state index is 4.16. The molecule has 0 aliphatic rings. The fourth-order valence-corrected chi connectivity index (χ4v) is 2.50. The number of allylic oxidation sites excluding steroid dienone is 3. The molecule has 0 bridgehead atoms. The molecule has 0 radical (unpaired) electrons. The van der Waals surface area contributed by atoms with Crippen molar-refractivity contribution in [3.63, 3.8) is 0 Å². The van der Waals surface area contributed by atoms with E-state index in [4.69, 9.17) is 0 Å². The Kier molecular flexibility index (Phi) is 12.3. The Morgan fingerprint density at radius 2 is 1.52 bits per heavy atom. The Hall–Kier alpha value is -0.720. The quantitative estimate of drug-likeness (QED) is 0.290. The van der Waals surface area contributed by atoms with Gasteiger partial charge in [-0.25, -0.2) is 0 Å². The van der Waals surface area contributed by atoms with E-state index in [-0.39, 0.29) is 0 Å². The molecule has 23 heavy (non-hydrogen) atoms. The molecule has 0 saturated carbocycles. The summed E-state index contributed by atoms with van der Waals surface area (Å²) in [5, 5.41) is 3.50. The zero-order valence-electron chi connectivity index (χ0n) is 17.0. The van der Waals surface area contributed by atoms with Gasteiger partial charge in [-0.15, -0.1) is 0 Å². The van der Waals surface area contributed by atoms with Crippen molar-refractivity contribution in [3.8, 4) is 0 Å². The molecule has 0 aliphatic carbocycles. The standard InChI is InChI=1S/C22H43N/c1-17(2)20(6)14-10-9-12-19(5)13-11-15-23-22(8)16-21(7)18(3)4/h9,12,17-21,23H,8,10-11,13-16H2,1-7H3/b12-9-. The van der Waals surface area contributed by atoms with Crippen molar-refractivity contribution in [1.29, 1.82) is 0 Å². The van der Waals surface area contributed by atoms with Gasteiger partial charge in [0.15, 0.2) is 0 Å². The second-order valence-electron chi connectivity index (χ2n) is 8.30. The van der Waals surface area contributed by atoms with E-state index in [1.165, 1.54) is 31.4 Å². The number of nitrogens with one attached hydrogen (secondary N) is 1. The third-order valence-electron chi connectivity index (χ3n) is 5.31. The lowest BCUT2D eigenvalue weighted by Crippen LogP contribution is -2.18. The average Bonchev–Trinajstić information content (AvgIpc) is 2.47. The van der Waals surface area contributed by atoms with E-state index < -0.39 is 0 Å². The summed E-state index contributed by atoms with van der Waals surface area (Å²) in [6, 6.07) is 0. The highest BCUT2D eigenvalue weighted by Crippen LogP contribution is 2.18. The van der Waals surface area contributed by atoms with E-state index >= 15 is 0 Å². The molecule has 0 heterocycles. The van der Waals surface area contributed by atoms with Gasteiger partial charge in [0.05, 0.1) is 0 Å². The maximum Gasteiger partial charge on any atom is 0.0143 e. The Labute approximate surface area is 147 Å². The van der Waals surface area contributed by atoms with Crippen LogP contribution < -0.4 is 5.32 Å². The van der Waals surface area contributed by atoms with Crippen LogP contribution in [0.2, 0.25) is 0 Å². The highest BCUT2D eigenvalue weighted by molar-refractivity contribution is 4.93. The second kappa shape index (κ2) is 12.7. The highest BCUT2D eigenvalue weighted by atomic mass is 14.9. The first-order chi connectivity index (χ1) is 10.7. The third-order valence-corrected chi connectivity index (χ3v) is 5.31. The molecule has 1 nitrogen and oxygen atoms in total. The van der Waals surface area contributed by atoms with E-state index in [0.29, 0.717) is 11.8 Å². The van der Waals surface area contributed by atoms with Crippen LogP contribution in [0.5, 0.6) is 0 Å². The van der Waals surface area contributed by atoms with Gasteiger partial charge in [0.25, 0.3) is 0 Å². The van der Waals surface area contributed by atoms with Gasteiger partial charge in [0.2, 0.25) is 0 Å². The molecular weight excluding hydrogens is 278 g/mol. The highest BCUT2D eigenvalue weighted by Gasteiger charge is 2.08. The lowest BCUT2D eigenvalue weighted by molar-refractivity contribution is 0.395. The smallest absolute Gasteiger partial charge is 0.0143 e. The molecule has 0 spiro atoms. The van der Waals surface area contributed by atoms with Crippen LogP contribution in [0.15, 0.2) is 24.4 Å². The Balaban J connectivity index is 3.70. The molecule has 1 N–H and O–H groups in total. The summed E-state index contributed by atoms with van der Waals surface area (Å²) in [7, 11) is 0. The lowest BCUT2D eigenvalue weighted by atomic mass is 9.93. The summed E-state index contributed by atoms with van der Waals surface area (Å²) in [5.41, 5.74) is 1.21. The predicted octanol–water partition coefficient (Wildman–Crippen LogP) is 6.82. The van der Waals surface area contributed by atoms with Gasteiger partial charge < -0.3 is 5.32 Å². The topological polar surface area (TPSA) is 12.0 Å². The normalized spacial score (nSPS) is 16.0. The van der Waals surface area contributed by atoms with E-state index in [1.807, 2.05) is 0 Å². The van der Waals surface area contributed by atoms with Gasteiger partial charge in [0, 0.05) is 12.2 Å². The minimum Gasteiger partial charge on any atom is -0.389 e. The minimum absolute atomic E-state index is 0.689. The summed E-state index contributed by atoms with van der Waals surface area (Å²) in [5.74, 6) is 3.77. The summed E-state index contributed by atoms with van der Waals surface area (Å²) < 4.78 is 0. The summed E-state index contributed by atoms with van der Waals surface area (Å²) in [4.78, 5) is 0. The van der Waals surface area contributed by atoms with Gasteiger partial charge in [0.1, 0.15) is 0 Å². The summed E-state index contributed by atoms with van der Waals surface area (Å²) in [6.45, 7) is 21.4. The Morgan fingerprint density at radius 1 is 0.913 bits per heavy atom. The molecular formula is C22H43N. The Bertz CT molecular complexity index is 327. The third kappa shape index (κ3) is 12.4. The molecule has 0 aromatic heterocycles. The SMILES string of the molecule is C=C(CC(C)C(C)C)NCCCC(C)/C=C\CCC(C)C(C)C. The molecule has 0 aliphatic heterocycles. The monoisotopic (exact) mass is 321 g/mol. The maximum atomic E-state index is 4.16. The molecule has 0 amide bonds. The van der Waals surface area contributed by atoms with Crippen molar-refractivity contribution in [2.75, 3.05) is 6.54 Å². The van der Waals surface area contributed by atoms with Crippen LogP contribution in [-0.4, -0.2) is 6.54 Å². The van der Waals surface area contributed by atoms with Crippen LogP contribution in [0, 0.1) is 29.6 Å². The lowest BCUT2D eigenvalue weighted by Gasteiger charge is -2.18. The van der Waals surface area contributed by atoms with E-state index in [2.05, 4.69) is 72.5 Å². The van der Waals surface area contributed by atoms with Crippen LogP contribution >= 0.6 is 0 Å². The second-order valence-corrected chi connectivity index (χ2v) is 8.30. The number of hydrogen-bond donors (Lipinski definition) is 1. The van der Waals surface area contributed by atoms with Crippen LogP contribution in [0.4, 0.5) is 0 Å². The molecule has 1 heteroatoms. The van der Waals surface area contributed by atoms with Gasteiger partial charge in [-0.3, -0.25) is 0 Å². The van der Waals surface area contributed by atoms with Crippen molar-refractivity contribution >= 4 is 0 Å². The van der Waals surface area contributed by atoms with Gasteiger partial charge in [-0.1, -0.05) is 67.2 Å². The Morgan fingerprint density at radius 3 is 2.09 bits per heavy atom. The first-order valence-corrected chi connectivity index (χ1v) is 9.82. The number of hydrogen-bond acceptors (Lipinski definition) is 1. The van der Waals surface area contributed by atoms with Crippen molar-refractivity contribution in [2.45, 2.75) is 80.6 Å². The largest absolute Gasteiger partial charge is 0.389 e. The van der Waals surface area contributed by atoms with E-state index in [9.17, 15) is 0 Å². The zero-order chi connectivity index (χ0) is 17.8. The molecule has 0 aromatic rings. The molecule has 0 saturated heterocycles. The first kappa shape index (κ1) is 22.3. The van der Waals surface area contributed by atoms with Crippen LogP contribution in [-0.2, 0) is 0 Å². The first-order valence-electron chi connectivity index (χ1n) is 9.82. The van der Waals surface area contributed by atoms with E-state index in [0.717, 1.165) is 30.7 Å². The fraction of sp³-hybridized carbons (Fsp3) is 0.818. The van der Waals surface area contributed by atoms with Gasteiger partial charge in [-0.05, 0) is 61.7 Å². The van der Waals surface area contributed by atoms with Gasteiger partial charge >= 0.3 is 0 Å². The van der Waals surface area contributed by atoms with Crippen LogP contribution in [0.3, 0.4) is 0 Å². The minimum atomic E-state index is 0.689. The van der Waals surface area contributed by atoms with Crippen molar-refractivity contribution in [2.24, 2.45) is 29.6 Å². The average molecular weight is 322 g/mol. The van der Waals surface area contributed by atoms with Gasteiger partial charge in [-0.2, -0.15) is 0 Å². The van der Waals surface area contributed by atoms with Crippen molar-refractivity contribution in [3.05, 3.63) is 24.4 Å². The number of rotatable bonds is 13. The molecule has 0 aromatic carbocycles. The van der Waals surface area contributed by atoms with Crippen molar-refractivity contribution < 1.29 is 0 Å². The van der Waals surface area contributed by atoms with E-state index in [1.54, 1.807) is 0 Å². The molecule has 136 valence electrons. The molecule has 0 fully saturated rings. The molecule has 3 unspecified atom stereocenters. The van der Waals surface area contributed by atoms with Crippen LogP contribution in [0.25, 0.3) is 0 Å². The molecule has 0 rings (SSSR count).